The second-order valence-corrected chi connectivity index (χ2v) is 6.60. The molecular weight excluding hydrogens is 396 g/mol. The number of carbonyl (C=O) groups is 1. The van der Waals surface area contributed by atoms with Crippen LogP contribution < -0.4 is 15.6 Å². The van der Waals surface area contributed by atoms with Gasteiger partial charge >= 0.3 is 5.97 Å². The highest BCUT2D eigenvalue weighted by Crippen LogP contribution is 2.29. The number of nitrogens with zero attached hydrogens (tertiary/aromatic N) is 3. The van der Waals surface area contributed by atoms with Crippen LogP contribution in [-0.4, -0.2) is 29.2 Å². The van der Waals surface area contributed by atoms with Crippen molar-refractivity contribution < 1.29 is 14.3 Å². The predicted molar refractivity (Wildman–Crippen MR) is 117 cm³/mol. The number of anilines is 1. The summed E-state index contributed by atoms with van der Waals surface area (Å²) in [6.07, 6.45) is 0. The number of hydrogen-bond acceptors (Lipinski definition) is 6. The Kier molecular flexibility index (Phi) is 6.67. The molecule has 8 nitrogen and oxygen atoms in total. The van der Waals surface area contributed by atoms with Crippen LogP contribution in [-0.2, 0) is 11.8 Å². The van der Waals surface area contributed by atoms with Gasteiger partial charge in [0.15, 0.2) is 11.4 Å². The zero-order valence-electron chi connectivity index (χ0n) is 17.5. The maximum absolute atomic E-state index is 12.8. The van der Waals surface area contributed by atoms with Gasteiger partial charge in [-0.15, -0.1) is 0 Å². The smallest absolute Gasteiger partial charge is 0.361 e. The zero-order chi connectivity index (χ0) is 22.4. The van der Waals surface area contributed by atoms with E-state index in [2.05, 4.69) is 15.1 Å². The van der Waals surface area contributed by atoms with Crippen molar-refractivity contribution in [1.82, 2.24) is 9.55 Å². The fourth-order valence-corrected chi connectivity index (χ4v) is 3.14. The molecule has 0 spiro atoms. The van der Waals surface area contributed by atoms with Gasteiger partial charge in [0.2, 0.25) is 11.7 Å². The van der Waals surface area contributed by atoms with Crippen molar-refractivity contribution in [2.45, 2.75) is 13.0 Å². The van der Waals surface area contributed by atoms with Crippen molar-refractivity contribution in [2.24, 2.45) is 7.05 Å². The lowest BCUT2D eigenvalue weighted by Crippen LogP contribution is -2.28. The van der Waals surface area contributed by atoms with Crippen molar-refractivity contribution >= 4 is 17.6 Å². The first-order chi connectivity index (χ1) is 15.0. The quantitative estimate of drug-likeness (QED) is 0.465. The molecule has 3 rings (SSSR count). The number of nitrogens with one attached hydrogen (secondary N) is 1. The highest BCUT2D eigenvalue weighted by molar-refractivity contribution is 5.90. The van der Waals surface area contributed by atoms with Crippen LogP contribution in [0, 0.1) is 6.57 Å². The maximum atomic E-state index is 12.8. The summed E-state index contributed by atoms with van der Waals surface area (Å²) in [4.78, 5) is 33.0. The molecule has 158 valence electrons. The minimum Gasteiger partial charge on any atom is -0.489 e. The second-order valence-electron chi connectivity index (χ2n) is 6.60. The molecule has 0 amide bonds. The molecule has 0 saturated carbocycles. The van der Waals surface area contributed by atoms with E-state index in [-0.39, 0.29) is 24.0 Å². The van der Waals surface area contributed by atoms with E-state index in [0.29, 0.717) is 5.69 Å². The lowest BCUT2D eigenvalue weighted by atomic mass is 9.98. The first-order valence-corrected chi connectivity index (χ1v) is 9.61. The Balaban J connectivity index is 2.14. The molecule has 1 aromatic heterocycles. The van der Waals surface area contributed by atoms with E-state index in [1.807, 2.05) is 36.4 Å². The SMILES string of the molecule is [C-]#[N+]c1cccc(C(Nc2nc(C(=O)OCC)c(OC)c(=O)n2C)c2ccccc2)c1. The van der Waals surface area contributed by atoms with E-state index in [0.717, 1.165) is 11.1 Å². The van der Waals surface area contributed by atoms with Crippen molar-refractivity contribution in [1.29, 1.82) is 0 Å². The summed E-state index contributed by atoms with van der Waals surface area (Å²) >= 11 is 0. The van der Waals surface area contributed by atoms with Crippen LogP contribution in [0.5, 0.6) is 5.75 Å². The van der Waals surface area contributed by atoms with E-state index in [9.17, 15) is 9.59 Å². The molecule has 2 aromatic carbocycles. The number of benzene rings is 2. The Morgan fingerprint density at radius 2 is 1.90 bits per heavy atom. The molecule has 31 heavy (non-hydrogen) atoms. The third kappa shape index (κ3) is 4.56. The molecule has 8 heteroatoms. The van der Waals surface area contributed by atoms with Crippen LogP contribution in [0.25, 0.3) is 4.85 Å². The Hall–Kier alpha value is -4.12. The summed E-state index contributed by atoms with van der Waals surface area (Å²) in [5.41, 5.74) is 1.47. The molecule has 0 bridgehead atoms. The standard InChI is InChI=1S/C23H22N4O4/c1-5-31-22(29)19-20(30-4)21(28)27(3)23(26-19)25-18(15-10-7-6-8-11-15)16-12-9-13-17(14-16)24-2/h6-14,18H,5H2,1,3-4H3,(H,25,26). The normalized spacial score (nSPS) is 11.3. The summed E-state index contributed by atoms with van der Waals surface area (Å²) in [5, 5.41) is 3.25. The zero-order valence-corrected chi connectivity index (χ0v) is 17.5. The minimum atomic E-state index is -0.744. The molecular formula is C23H22N4O4. The molecule has 1 N–H and O–H groups in total. The van der Waals surface area contributed by atoms with Gasteiger partial charge < -0.3 is 14.8 Å². The Labute approximate surface area is 179 Å². The number of rotatable bonds is 7. The number of esters is 1. The molecule has 0 saturated heterocycles. The highest BCUT2D eigenvalue weighted by atomic mass is 16.5. The van der Waals surface area contributed by atoms with Gasteiger partial charge in [-0.1, -0.05) is 54.6 Å². The molecule has 1 heterocycles. The van der Waals surface area contributed by atoms with E-state index < -0.39 is 17.6 Å². The third-order valence-corrected chi connectivity index (χ3v) is 4.66. The maximum Gasteiger partial charge on any atom is 0.361 e. The average Bonchev–Trinajstić information content (AvgIpc) is 2.80. The molecule has 0 aliphatic rings. The summed E-state index contributed by atoms with van der Waals surface area (Å²) in [7, 11) is 2.84. The number of hydrogen-bond donors (Lipinski definition) is 1. The third-order valence-electron chi connectivity index (χ3n) is 4.66. The van der Waals surface area contributed by atoms with E-state index in [1.165, 1.54) is 18.7 Å². The predicted octanol–water partition coefficient (Wildman–Crippen LogP) is 3.72. The van der Waals surface area contributed by atoms with E-state index >= 15 is 0 Å². The van der Waals surface area contributed by atoms with Gasteiger partial charge in [-0.2, -0.15) is 0 Å². The molecule has 0 fully saturated rings. The van der Waals surface area contributed by atoms with Crippen molar-refractivity contribution in [3.05, 3.63) is 93.2 Å². The van der Waals surface area contributed by atoms with Crippen LogP contribution in [0.1, 0.15) is 34.6 Å². The summed E-state index contributed by atoms with van der Waals surface area (Å²) in [5.74, 6) is -0.764. The largest absolute Gasteiger partial charge is 0.489 e. The van der Waals surface area contributed by atoms with Crippen LogP contribution in [0.4, 0.5) is 11.6 Å². The van der Waals surface area contributed by atoms with Crippen LogP contribution in [0.15, 0.2) is 59.4 Å². The number of ether oxygens (including phenoxy) is 2. The second kappa shape index (κ2) is 9.59. The fourth-order valence-electron chi connectivity index (χ4n) is 3.14. The number of carbonyl (C=O) groups excluding carboxylic acids is 1. The van der Waals surface area contributed by atoms with Crippen molar-refractivity contribution in [3.63, 3.8) is 0 Å². The molecule has 1 atom stereocenters. The van der Waals surface area contributed by atoms with Gasteiger partial charge in [-0.05, 0) is 18.1 Å². The fraction of sp³-hybridized carbons (Fsp3) is 0.217. The lowest BCUT2D eigenvalue weighted by Gasteiger charge is -2.23. The molecule has 0 aliphatic carbocycles. The highest BCUT2D eigenvalue weighted by Gasteiger charge is 2.24. The summed E-state index contributed by atoms with van der Waals surface area (Å²) < 4.78 is 11.4. The summed E-state index contributed by atoms with van der Waals surface area (Å²) in [6.45, 7) is 9.11. The molecule has 3 aromatic rings. The molecule has 0 aliphatic heterocycles. The lowest BCUT2D eigenvalue weighted by molar-refractivity contribution is 0.0514. The van der Waals surface area contributed by atoms with Gasteiger partial charge in [0, 0.05) is 7.05 Å². The summed E-state index contributed by atoms with van der Waals surface area (Å²) in [6, 6.07) is 16.3. The van der Waals surface area contributed by atoms with Crippen LogP contribution >= 0.6 is 0 Å². The van der Waals surface area contributed by atoms with Gasteiger partial charge in [0.1, 0.15) is 0 Å². The van der Waals surface area contributed by atoms with E-state index in [4.69, 9.17) is 16.0 Å². The number of methoxy groups -OCH3 is 1. The molecule has 1 unspecified atom stereocenters. The average molecular weight is 418 g/mol. The van der Waals surface area contributed by atoms with Crippen molar-refractivity contribution in [3.8, 4) is 5.75 Å². The monoisotopic (exact) mass is 418 g/mol. The van der Waals surface area contributed by atoms with Crippen molar-refractivity contribution in [2.75, 3.05) is 19.0 Å². The van der Waals surface area contributed by atoms with Gasteiger partial charge in [0.05, 0.1) is 26.3 Å². The van der Waals surface area contributed by atoms with Gasteiger partial charge in [-0.3, -0.25) is 9.36 Å². The van der Waals surface area contributed by atoms with Crippen LogP contribution in [0.2, 0.25) is 0 Å². The van der Waals surface area contributed by atoms with Gasteiger partial charge in [0.25, 0.3) is 5.56 Å². The Morgan fingerprint density at radius 3 is 2.55 bits per heavy atom. The minimum absolute atomic E-state index is 0.137. The first kappa shape index (κ1) is 21.6. The number of aromatic nitrogens is 2. The molecule has 0 radical (unpaired) electrons. The Bertz CT molecular complexity index is 1180. The van der Waals surface area contributed by atoms with Gasteiger partial charge in [-0.25, -0.2) is 14.6 Å². The Morgan fingerprint density at radius 1 is 1.19 bits per heavy atom. The van der Waals surface area contributed by atoms with Crippen LogP contribution in [0.3, 0.4) is 0 Å². The van der Waals surface area contributed by atoms with E-state index in [1.54, 1.807) is 25.1 Å². The topological polar surface area (TPSA) is 86.8 Å². The first-order valence-electron chi connectivity index (χ1n) is 9.61.